The molecule has 0 heterocycles. The SMILES string of the molecule is CCc1ccc(CC)c(C(=O)COC(=O)c2ccc(C#N)cc2)c1. The number of hydrogen-bond donors (Lipinski definition) is 0. The first kappa shape index (κ1) is 17.4. The van der Waals surface area contributed by atoms with Crippen LogP contribution in [0.3, 0.4) is 0 Å². The van der Waals surface area contributed by atoms with Crippen molar-refractivity contribution in [3.63, 3.8) is 0 Å². The van der Waals surface area contributed by atoms with Crippen molar-refractivity contribution in [1.82, 2.24) is 0 Å². The third kappa shape index (κ3) is 4.08. The van der Waals surface area contributed by atoms with Crippen LogP contribution in [0, 0.1) is 11.3 Å². The molecule has 0 unspecified atom stereocenters. The fourth-order valence-corrected chi connectivity index (χ4v) is 2.38. The largest absolute Gasteiger partial charge is 0.454 e. The monoisotopic (exact) mass is 321 g/mol. The van der Waals surface area contributed by atoms with Crippen molar-refractivity contribution in [3.8, 4) is 6.07 Å². The molecule has 0 aliphatic rings. The van der Waals surface area contributed by atoms with Gasteiger partial charge in [-0.3, -0.25) is 4.79 Å². The summed E-state index contributed by atoms with van der Waals surface area (Å²) in [5.41, 5.74) is 3.43. The lowest BCUT2D eigenvalue weighted by molar-refractivity contribution is 0.0474. The maximum atomic E-state index is 12.4. The minimum Gasteiger partial charge on any atom is -0.454 e. The molecule has 0 saturated carbocycles. The van der Waals surface area contributed by atoms with Crippen LogP contribution in [0.4, 0.5) is 0 Å². The van der Waals surface area contributed by atoms with Crippen LogP contribution < -0.4 is 0 Å². The number of nitriles is 1. The molecule has 0 aromatic heterocycles. The van der Waals surface area contributed by atoms with Crippen molar-refractivity contribution in [3.05, 3.63) is 70.3 Å². The summed E-state index contributed by atoms with van der Waals surface area (Å²) in [5.74, 6) is -0.776. The predicted octanol–water partition coefficient (Wildman–Crippen LogP) is 3.72. The van der Waals surface area contributed by atoms with Gasteiger partial charge in [-0.25, -0.2) is 4.79 Å². The Balaban J connectivity index is 2.07. The summed E-state index contributed by atoms with van der Waals surface area (Å²) in [6.45, 7) is 3.72. The predicted molar refractivity (Wildman–Crippen MR) is 91.0 cm³/mol. The quantitative estimate of drug-likeness (QED) is 0.600. The van der Waals surface area contributed by atoms with E-state index < -0.39 is 5.97 Å². The molecule has 4 heteroatoms. The van der Waals surface area contributed by atoms with E-state index in [-0.39, 0.29) is 12.4 Å². The van der Waals surface area contributed by atoms with Gasteiger partial charge in [-0.2, -0.15) is 5.26 Å². The van der Waals surface area contributed by atoms with Crippen LogP contribution in [0.2, 0.25) is 0 Å². The smallest absolute Gasteiger partial charge is 0.338 e. The first-order valence-electron chi connectivity index (χ1n) is 7.91. The first-order valence-corrected chi connectivity index (χ1v) is 7.91. The molecule has 0 aliphatic heterocycles. The van der Waals surface area contributed by atoms with Crippen LogP contribution in [0.5, 0.6) is 0 Å². The molecule has 4 nitrogen and oxygen atoms in total. The highest BCUT2D eigenvalue weighted by Crippen LogP contribution is 2.15. The van der Waals surface area contributed by atoms with Gasteiger partial charge in [-0.05, 0) is 54.3 Å². The Bertz CT molecular complexity index is 786. The highest BCUT2D eigenvalue weighted by Gasteiger charge is 2.15. The van der Waals surface area contributed by atoms with E-state index in [1.165, 1.54) is 12.1 Å². The number of rotatable bonds is 6. The zero-order valence-corrected chi connectivity index (χ0v) is 13.8. The van der Waals surface area contributed by atoms with Crippen molar-refractivity contribution < 1.29 is 14.3 Å². The highest BCUT2D eigenvalue weighted by molar-refractivity contribution is 6.00. The number of carbonyl (C=O) groups is 2. The number of esters is 1. The average molecular weight is 321 g/mol. The van der Waals surface area contributed by atoms with Crippen LogP contribution in [-0.2, 0) is 17.6 Å². The van der Waals surface area contributed by atoms with Gasteiger partial charge in [0.1, 0.15) is 0 Å². The summed E-state index contributed by atoms with van der Waals surface area (Å²) in [6.07, 6.45) is 1.59. The fourth-order valence-electron chi connectivity index (χ4n) is 2.38. The lowest BCUT2D eigenvalue weighted by Crippen LogP contribution is -2.16. The fraction of sp³-hybridized carbons (Fsp3) is 0.250. The van der Waals surface area contributed by atoms with E-state index >= 15 is 0 Å². The molecule has 0 amide bonds. The number of Topliss-reactive ketones (excluding diaryl/α,β-unsaturated/α-hetero) is 1. The summed E-state index contributed by atoms with van der Waals surface area (Å²) in [6, 6.07) is 13.9. The maximum Gasteiger partial charge on any atom is 0.338 e. The maximum absolute atomic E-state index is 12.4. The molecule has 0 atom stereocenters. The van der Waals surface area contributed by atoms with Crippen molar-refractivity contribution in [2.24, 2.45) is 0 Å². The normalized spacial score (nSPS) is 10.0. The molecule has 0 radical (unpaired) electrons. The lowest BCUT2D eigenvalue weighted by Gasteiger charge is -2.10. The standard InChI is InChI=1S/C20H19NO3/c1-3-14-5-8-16(4-2)18(11-14)19(22)13-24-20(23)17-9-6-15(12-21)7-10-17/h5-11H,3-4,13H2,1-2H3. The van der Waals surface area contributed by atoms with Crippen LogP contribution in [0.1, 0.15) is 51.3 Å². The first-order chi connectivity index (χ1) is 11.6. The summed E-state index contributed by atoms with van der Waals surface area (Å²) in [5, 5.41) is 8.75. The molecule has 0 spiro atoms. The Kier molecular flexibility index (Phi) is 5.86. The topological polar surface area (TPSA) is 67.2 Å². The molecule has 0 aliphatic carbocycles. The summed E-state index contributed by atoms with van der Waals surface area (Å²) in [7, 11) is 0. The third-order valence-electron chi connectivity index (χ3n) is 3.85. The van der Waals surface area contributed by atoms with E-state index in [1.807, 2.05) is 38.1 Å². The molecule has 2 aromatic rings. The van der Waals surface area contributed by atoms with Gasteiger partial charge in [0.2, 0.25) is 5.78 Å². The van der Waals surface area contributed by atoms with E-state index in [0.717, 1.165) is 24.0 Å². The molecule has 24 heavy (non-hydrogen) atoms. The zero-order chi connectivity index (χ0) is 17.5. The minimum absolute atomic E-state index is 0.204. The zero-order valence-electron chi connectivity index (χ0n) is 13.8. The number of ether oxygens (including phenoxy) is 1. The van der Waals surface area contributed by atoms with Crippen molar-refractivity contribution in [2.75, 3.05) is 6.61 Å². The van der Waals surface area contributed by atoms with Crippen molar-refractivity contribution >= 4 is 11.8 Å². The number of ketones is 1. The summed E-state index contributed by atoms with van der Waals surface area (Å²) >= 11 is 0. The molecule has 0 N–H and O–H groups in total. The van der Waals surface area contributed by atoms with Crippen LogP contribution in [0.25, 0.3) is 0 Å². The molecule has 2 aromatic carbocycles. The Labute approximate surface area is 141 Å². The van der Waals surface area contributed by atoms with Crippen molar-refractivity contribution in [1.29, 1.82) is 5.26 Å². The van der Waals surface area contributed by atoms with E-state index in [1.54, 1.807) is 12.1 Å². The number of benzene rings is 2. The number of carbonyl (C=O) groups excluding carboxylic acids is 2. The van der Waals surface area contributed by atoms with E-state index in [2.05, 4.69) is 0 Å². The van der Waals surface area contributed by atoms with Crippen LogP contribution in [0.15, 0.2) is 42.5 Å². The molecule has 0 saturated heterocycles. The molecule has 0 bridgehead atoms. The number of aryl methyl sites for hydroxylation is 2. The average Bonchev–Trinajstić information content (AvgIpc) is 2.65. The van der Waals surface area contributed by atoms with Gasteiger partial charge in [-0.1, -0.05) is 26.0 Å². The van der Waals surface area contributed by atoms with Gasteiger partial charge in [-0.15, -0.1) is 0 Å². The third-order valence-corrected chi connectivity index (χ3v) is 3.85. The summed E-state index contributed by atoms with van der Waals surface area (Å²) < 4.78 is 5.12. The Hall–Kier alpha value is -2.93. The number of hydrogen-bond acceptors (Lipinski definition) is 4. The number of nitrogens with zero attached hydrogens (tertiary/aromatic N) is 1. The molecule has 122 valence electrons. The van der Waals surface area contributed by atoms with Crippen LogP contribution >= 0.6 is 0 Å². The molecule has 2 rings (SSSR count). The minimum atomic E-state index is -0.572. The summed E-state index contributed by atoms with van der Waals surface area (Å²) in [4.78, 5) is 24.4. The second-order valence-electron chi connectivity index (χ2n) is 5.39. The lowest BCUT2D eigenvalue weighted by atomic mass is 9.98. The van der Waals surface area contributed by atoms with E-state index in [9.17, 15) is 9.59 Å². The second-order valence-corrected chi connectivity index (χ2v) is 5.39. The van der Waals surface area contributed by atoms with Gasteiger partial charge in [0, 0.05) is 5.56 Å². The Morgan fingerprint density at radius 1 is 1.04 bits per heavy atom. The second kappa shape index (κ2) is 8.07. The molecule has 0 fully saturated rings. The van der Waals surface area contributed by atoms with Gasteiger partial charge >= 0.3 is 5.97 Å². The Morgan fingerprint density at radius 3 is 2.33 bits per heavy atom. The van der Waals surface area contributed by atoms with Gasteiger partial charge < -0.3 is 4.74 Å². The van der Waals surface area contributed by atoms with Gasteiger partial charge in [0.05, 0.1) is 17.2 Å². The Morgan fingerprint density at radius 2 is 1.75 bits per heavy atom. The van der Waals surface area contributed by atoms with Crippen molar-refractivity contribution in [2.45, 2.75) is 26.7 Å². The van der Waals surface area contributed by atoms with E-state index in [0.29, 0.717) is 16.7 Å². The molecular weight excluding hydrogens is 302 g/mol. The van der Waals surface area contributed by atoms with Crippen LogP contribution in [-0.4, -0.2) is 18.4 Å². The highest BCUT2D eigenvalue weighted by atomic mass is 16.5. The molecular formula is C20H19NO3. The van der Waals surface area contributed by atoms with Gasteiger partial charge in [0.25, 0.3) is 0 Å². The van der Waals surface area contributed by atoms with E-state index in [4.69, 9.17) is 10.00 Å². The van der Waals surface area contributed by atoms with Gasteiger partial charge in [0.15, 0.2) is 6.61 Å².